The van der Waals surface area contributed by atoms with Crippen molar-refractivity contribution in [3.8, 4) is 5.75 Å². The molecule has 92 valence electrons. The number of hydrogen-bond acceptors (Lipinski definition) is 3. The maximum absolute atomic E-state index is 11.6. The molecule has 0 aromatic heterocycles. The predicted molar refractivity (Wildman–Crippen MR) is 65.5 cm³/mol. The summed E-state index contributed by atoms with van der Waals surface area (Å²) in [6.07, 6.45) is 0.592. The molecule has 4 heteroatoms. The average Bonchev–Trinajstić information content (AvgIpc) is 2.72. The first-order chi connectivity index (χ1) is 8.24. The molecule has 0 saturated carbocycles. The van der Waals surface area contributed by atoms with E-state index >= 15 is 0 Å². The van der Waals surface area contributed by atoms with E-state index in [1.165, 1.54) is 0 Å². The second kappa shape index (κ2) is 5.08. The molecule has 1 aromatic carbocycles. The molecule has 0 N–H and O–H groups in total. The molecule has 1 aromatic rings. The van der Waals surface area contributed by atoms with Gasteiger partial charge in [0.2, 0.25) is 0 Å². The monoisotopic (exact) mass is 235 g/mol. The van der Waals surface area contributed by atoms with Crippen LogP contribution < -0.4 is 9.64 Å². The van der Waals surface area contributed by atoms with E-state index in [4.69, 9.17) is 9.47 Å². The summed E-state index contributed by atoms with van der Waals surface area (Å²) in [7, 11) is 0. The number of hydrogen-bond donors (Lipinski definition) is 0. The van der Waals surface area contributed by atoms with E-state index < -0.39 is 0 Å². The van der Waals surface area contributed by atoms with Crippen LogP contribution in [-0.4, -0.2) is 25.3 Å². The summed E-state index contributed by atoms with van der Waals surface area (Å²) in [5, 5.41) is 0. The molecule has 2 rings (SSSR count). The quantitative estimate of drug-likeness (QED) is 0.805. The lowest BCUT2D eigenvalue weighted by atomic mass is 10.2. The van der Waals surface area contributed by atoms with Crippen molar-refractivity contribution in [3.63, 3.8) is 0 Å². The Morgan fingerprint density at radius 3 is 2.59 bits per heavy atom. The molecular weight excluding hydrogens is 218 g/mol. The predicted octanol–water partition coefficient (Wildman–Crippen LogP) is 2.82. The molecular formula is C13H17NO3. The zero-order valence-corrected chi connectivity index (χ0v) is 10.2. The number of ether oxygens (including phenoxy) is 2. The van der Waals surface area contributed by atoms with Crippen molar-refractivity contribution >= 4 is 11.8 Å². The first-order valence-corrected chi connectivity index (χ1v) is 5.95. The Labute approximate surface area is 101 Å². The van der Waals surface area contributed by atoms with Crippen LogP contribution in [0.1, 0.15) is 20.3 Å². The Kier molecular flexibility index (Phi) is 3.52. The number of amides is 1. The summed E-state index contributed by atoms with van der Waals surface area (Å²) in [6, 6.07) is 7.49. The third kappa shape index (κ3) is 2.52. The third-order valence-electron chi connectivity index (χ3n) is 2.79. The summed E-state index contributed by atoms with van der Waals surface area (Å²) in [4.78, 5) is 13.3. The van der Waals surface area contributed by atoms with E-state index in [2.05, 4.69) is 0 Å². The molecule has 1 atom stereocenters. The summed E-state index contributed by atoms with van der Waals surface area (Å²) in [5.74, 6) is 0.816. The number of cyclic esters (lactones) is 1. The van der Waals surface area contributed by atoms with Crippen LogP contribution in [0, 0.1) is 0 Å². The van der Waals surface area contributed by atoms with Crippen LogP contribution in [0.2, 0.25) is 0 Å². The Hall–Kier alpha value is -1.71. The first kappa shape index (κ1) is 11.8. The Bertz CT molecular complexity index is 388. The maximum Gasteiger partial charge on any atom is 0.414 e. The van der Waals surface area contributed by atoms with Crippen molar-refractivity contribution in [2.75, 3.05) is 18.1 Å². The third-order valence-corrected chi connectivity index (χ3v) is 2.79. The highest BCUT2D eigenvalue weighted by atomic mass is 16.6. The van der Waals surface area contributed by atoms with Crippen LogP contribution >= 0.6 is 0 Å². The highest BCUT2D eigenvalue weighted by Crippen LogP contribution is 2.24. The summed E-state index contributed by atoms with van der Waals surface area (Å²) in [6.45, 7) is 5.23. The molecule has 0 bridgehead atoms. The van der Waals surface area contributed by atoms with Gasteiger partial charge in [-0.05, 0) is 37.6 Å². The van der Waals surface area contributed by atoms with Gasteiger partial charge < -0.3 is 9.47 Å². The van der Waals surface area contributed by atoms with Gasteiger partial charge in [0.05, 0.1) is 13.2 Å². The number of carbonyl (C=O) groups excluding carboxylic acids is 1. The van der Waals surface area contributed by atoms with Gasteiger partial charge in [0, 0.05) is 5.69 Å². The molecule has 1 heterocycles. The van der Waals surface area contributed by atoms with Crippen molar-refractivity contribution in [3.05, 3.63) is 24.3 Å². The SMILES string of the molecule is CCOc1ccc(N2CC(CC)OC2=O)cc1. The van der Waals surface area contributed by atoms with E-state index in [1.807, 2.05) is 38.1 Å². The van der Waals surface area contributed by atoms with Crippen LogP contribution in [0.25, 0.3) is 0 Å². The fourth-order valence-electron chi connectivity index (χ4n) is 1.83. The molecule has 1 fully saturated rings. The molecule has 0 aliphatic carbocycles. The van der Waals surface area contributed by atoms with Crippen molar-refractivity contribution in [1.82, 2.24) is 0 Å². The van der Waals surface area contributed by atoms with E-state index in [0.29, 0.717) is 13.2 Å². The second-order valence-electron chi connectivity index (χ2n) is 3.95. The van der Waals surface area contributed by atoms with Crippen LogP contribution in [0.5, 0.6) is 5.75 Å². The standard InChI is InChI=1S/C13H17NO3/c1-3-11-9-14(13(15)17-11)10-5-7-12(8-6-10)16-4-2/h5-8,11H,3-4,9H2,1-2H3. The number of nitrogens with zero attached hydrogens (tertiary/aromatic N) is 1. The fourth-order valence-corrected chi connectivity index (χ4v) is 1.83. The molecule has 1 aliphatic heterocycles. The van der Waals surface area contributed by atoms with Gasteiger partial charge >= 0.3 is 6.09 Å². The topological polar surface area (TPSA) is 38.8 Å². The molecule has 4 nitrogen and oxygen atoms in total. The maximum atomic E-state index is 11.6. The molecule has 17 heavy (non-hydrogen) atoms. The Morgan fingerprint density at radius 2 is 2.06 bits per heavy atom. The van der Waals surface area contributed by atoms with Gasteiger partial charge in [-0.15, -0.1) is 0 Å². The van der Waals surface area contributed by atoms with Gasteiger partial charge in [-0.25, -0.2) is 4.79 Å². The summed E-state index contributed by atoms with van der Waals surface area (Å²) >= 11 is 0. The fraction of sp³-hybridized carbons (Fsp3) is 0.462. The van der Waals surface area contributed by atoms with Crippen LogP contribution in [0.4, 0.5) is 10.5 Å². The lowest BCUT2D eigenvalue weighted by molar-refractivity contribution is 0.139. The minimum Gasteiger partial charge on any atom is -0.494 e. The number of rotatable bonds is 4. The molecule has 1 amide bonds. The van der Waals surface area contributed by atoms with Crippen molar-refractivity contribution < 1.29 is 14.3 Å². The smallest absolute Gasteiger partial charge is 0.414 e. The van der Waals surface area contributed by atoms with Gasteiger partial charge in [-0.3, -0.25) is 4.90 Å². The zero-order valence-electron chi connectivity index (χ0n) is 10.2. The van der Waals surface area contributed by atoms with Crippen molar-refractivity contribution in [2.24, 2.45) is 0 Å². The molecule has 0 spiro atoms. The number of anilines is 1. The van der Waals surface area contributed by atoms with Gasteiger partial charge in [-0.1, -0.05) is 6.92 Å². The minimum absolute atomic E-state index is 0.00840. The average molecular weight is 235 g/mol. The van der Waals surface area contributed by atoms with E-state index in [9.17, 15) is 4.79 Å². The molecule has 1 unspecified atom stereocenters. The van der Waals surface area contributed by atoms with Gasteiger partial charge in [0.15, 0.2) is 0 Å². The van der Waals surface area contributed by atoms with E-state index in [1.54, 1.807) is 4.90 Å². The van der Waals surface area contributed by atoms with Crippen LogP contribution in [-0.2, 0) is 4.74 Å². The lowest BCUT2D eigenvalue weighted by Crippen LogP contribution is -2.24. The second-order valence-corrected chi connectivity index (χ2v) is 3.95. The zero-order chi connectivity index (χ0) is 12.3. The highest BCUT2D eigenvalue weighted by molar-refractivity contribution is 5.89. The van der Waals surface area contributed by atoms with E-state index in [-0.39, 0.29) is 12.2 Å². The van der Waals surface area contributed by atoms with Crippen molar-refractivity contribution in [1.29, 1.82) is 0 Å². The summed E-state index contributed by atoms with van der Waals surface area (Å²) in [5.41, 5.74) is 0.856. The van der Waals surface area contributed by atoms with Gasteiger partial charge in [-0.2, -0.15) is 0 Å². The number of benzene rings is 1. The normalized spacial score (nSPS) is 19.3. The largest absolute Gasteiger partial charge is 0.494 e. The van der Waals surface area contributed by atoms with Gasteiger partial charge in [0.25, 0.3) is 0 Å². The lowest BCUT2D eigenvalue weighted by Gasteiger charge is -2.13. The first-order valence-electron chi connectivity index (χ1n) is 5.95. The molecule has 1 saturated heterocycles. The minimum atomic E-state index is -0.263. The number of carbonyl (C=O) groups is 1. The summed E-state index contributed by atoms with van der Waals surface area (Å²) < 4.78 is 10.6. The Morgan fingerprint density at radius 1 is 1.35 bits per heavy atom. The van der Waals surface area contributed by atoms with Crippen LogP contribution in [0.3, 0.4) is 0 Å². The van der Waals surface area contributed by atoms with E-state index in [0.717, 1.165) is 17.9 Å². The Balaban J connectivity index is 2.09. The van der Waals surface area contributed by atoms with Crippen molar-refractivity contribution in [2.45, 2.75) is 26.4 Å². The van der Waals surface area contributed by atoms with Gasteiger partial charge in [0.1, 0.15) is 11.9 Å². The molecule has 1 aliphatic rings. The van der Waals surface area contributed by atoms with Crippen LogP contribution in [0.15, 0.2) is 24.3 Å². The molecule has 0 radical (unpaired) electrons. The highest BCUT2D eigenvalue weighted by Gasteiger charge is 2.30.